The molecule has 1 N–H and O–H groups in total. The fourth-order valence-electron chi connectivity index (χ4n) is 1.63. The second kappa shape index (κ2) is 6.19. The quantitative estimate of drug-likeness (QED) is 0.863. The van der Waals surface area contributed by atoms with E-state index in [2.05, 4.69) is 5.32 Å². The van der Waals surface area contributed by atoms with Crippen molar-refractivity contribution in [1.82, 2.24) is 5.32 Å². The molecule has 0 heterocycles. The predicted molar refractivity (Wildman–Crippen MR) is 78.5 cm³/mol. The lowest BCUT2D eigenvalue weighted by atomic mass is 10.1. The van der Waals surface area contributed by atoms with Gasteiger partial charge in [-0.15, -0.1) is 11.8 Å². The molecular weight excluding hydrogens is 262 g/mol. The standard InChI is InChI=1S/C14H21NO3S/c1-14(2,3)15-13(16)10-7-9(17-4)8-11(18-5)12(10)19-6/h7-8H,1-6H3,(H,15,16). The van der Waals surface area contributed by atoms with Gasteiger partial charge >= 0.3 is 0 Å². The summed E-state index contributed by atoms with van der Waals surface area (Å²) < 4.78 is 10.5. The Kier molecular flexibility index (Phi) is 5.11. The Bertz CT molecular complexity index is 466. The van der Waals surface area contributed by atoms with E-state index < -0.39 is 0 Å². The van der Waals surface area contributed by atoms with Gasteiger partial charge in [0.05, 0.1) is 24.7 Å². The van der Waals surface area contributed by atoms with Crippen molar-refractivity contribution in [2.24, 2.45) is 0 Å². The van der Waals surface area contributed by atoms with Gasteiger partial charge in [-0.2, -0.15) is 0 Å². The van der Waals surface area contributed by atoms with Gasteiger partial charge in [-0.3, -0.25) is 4.79 Å². The summed E-state index contributed by atoms with van der Waals surface area (Å²) in [5.74, 6) is 1.12. The monoisotopic (exact) mass is 283 g/mol. The van der Waals surface area contributed by atoms with Crippen LogP contribution in [-0.4, -0.2) is 31.9 Å². The molecule has 1 aromatic rings. The smallest absolute Gasteiger partial charge is 0.253 e. The van der Waals surface area contributed by atoms with Crippen LogP contribution in [0.3, 0.4) is 0 Å². The highest BCUT2D eigenvalue weighted by molar-refractivity contribution is 7.98. The van der Waals surface area contributed by atoms with Gasteiger partial charge in [0.1, 0.15) is 11.5 Å². The first-order valence-corrected chi connectivity index (χ1v) is 7.17. The third-order valence-electron chi connectivity index (χ3n) is 2.42. The normalized spacial score (nSPS) is 11.1. The zero-order valence-electron chi connectivity index (χ0n) is 12.3. The van der Waals surface area contributed by atoms with Crippen LogP contribution in [0.2, 0.25) is 0 Å². The van der Waals surface area contributed by atoms with Crippen molar-refractivity contribution in [3.8, 4) is 11.5 Å². The van der Waals surface area contributed by atoms with Crippen molar-refractivity contribution in [2.45, 2.75) is 31.2 Å². The summed E-state index contributed by atoms with van der Waals surface area (Å²) in [4.78, 5) is 13.2. The van der Waals surface area contributed by atoms with Crippen molar-refractivity contribution >= 4 is 17.7 Å². The van der Waals surface area contributed by atoms with E-state index in [0.29, 0.717) is 17.1 Å². The molecule has 1 aromatic carbocycles. The van der Waals surface area contributed by atoms with Gasteiger partial charge in [-0.25, -0.2) is 0 Å². The number of hydrogen-bond acceptors (Lipinski definition) is 4. The van der Waals surface area contributed by atoms with Gasteiger partial charge in [0, 0.05) is 11.6 Å². The van der Waals surface area contributed by atoms with E-state index in [4.69, 9.17) is 9.47 Å². The van der Waals surface area contributed by atoms with Crippen molar-refractivity contribution in [2.75, 3.05) is 20.5 Å². The molecular formula is C14H21NO3S. The van der Waals surface area contributed by atoms with E-state index in [1.807, 2.05) is 27.0 Å². The first-order valence-electron chi connectivity index (χ1n) is 5.95. The third-order valence-corrected chi connectivity index (χ3v) is 3.25. The van der Waals surface area contributed by atoms with Crippen LogP contribution >= 0.6 is 11.8 Å². The zero-order valence-corrected chi connectivity index (χ0v) is 13.1. The number of ether oxygens (including phenoxy) is 2. The highest BCUT2D eigenvalue weighted by atomic mass is 32.2. The maximum absolute atomic E-state index is 12.3. The molecule has 1 rings (SSSR count). The molecule has 0 aromatic heterocycles. The molecule has 4 nitrogen and oxygen atoms in total. The number of nitrogens with one attached hydrogen (secondary N) is 1. The summed E-state index contributed by atoms with van der Waals surface area (Å²) in [6.45, 7) is 5.84. The lowest BCUT2D eigenvalue weighted by molar-refractivity contribution is 0.0915. The number of carbonyl (C=O) groups is 1. The number of amides is 1. The lowest BCUT2D eigenvalue weighted by Crippen LogP contribution is -2.40. The van der Waals surface area contributed by atoms with E-state index in [-0.39, 0.29) is 11.4 Å². The Morgan fingerprint density at radius 3 is 2.26 bits per heavy atom. The molecule has 0 atom stereocenters. The van der Waals surface area contributed by atoms with Crippen LogP contribution in [0.4, 0.5) is 0 Å². The topological polar surface area (TPSA) is 47.6 Å². The van der Waals surface area contributed by atoms with E-state index in [9.17, 15) is 4.79 Å². The molecule has 0 bridgehead atoms. The molecule has 1 amide bonds. The fraction of sp³-hybridized carbons (Fsp3) is 0.500. The number of hydrogen-bond donors (Lipinski definition) is 1. The SMILES string of the molecule is COc1cc(OC)c(SC)c(C(=O)NC(C)(C)C)c1. The van der Waals surface area contributed by atoms with Crippen LogP contribution in [-0.2, 0) is 0 Å². The Balaban J connectivity index is 3.27. The van der Waals surface area contributed by atoms with Gasteiger partial charge in [0.15, 0.2) is 0 Å². The van der Waals surface area contributed by atoms with Gasteiger partial charge in [0.25, 0.3) is 5.91 Å². The summed E-state index contributed by atoms with van der Waals surface area (Å²) in [5.41, 5.74) is 0.280. The van der Waals surface area contributed by atoms with Crippen LogP contribution in [0, 0.1) is 0 Å². The molecule has 0 unspecified atom stereocenters. The summed E-state index contributed by atoms with van der Waals surface area (Å²) in [5, 5.41) is 2.95. The van der Waals surface area contributed by atoms with Gasteiger partial charge in [-0.05, 0) is 33.1 Å². The average Bonchev–Trinajstić information content (AvgIpc) is 2.34. The van der Waals surface area contributed by atoms with Crippen LogP contribution in [0.5, 0.6) is 11.5 Å². The molecule has 0 saturated heterocycles. The van der Waals surface area contributed by atoms with Gasteiger partial charge in [0.2, 0.25) is 0 Å². The maximum atomic E-state index is 12.3. The van der Waals surface area contributed by atoms with Crippen LogP contribution in [0.25, 0.3) is 0 Å². The van der Waals surface area contributed by atoms with Gasteiger partial charge < -0.3 is 14.8 Å². The second-order valence-corrected chi connectivity index (χ2v) is 5.93. The highest BCUT2D eigenvalue weighted by Gasteiger charge is 2.21. The van der Waals surface area contributed by atoms with Crippen LogP contribution in [0.1, 0.15) is 31.1 Å². The number of benzene rings is 1. The second-order valence-electron chi connectivity index (χ2n) is 5.11. The molecule has 0 aliphatic carbocycles. The number of methoxy groups -OCH3 is 2. The largest absolute Gasteiger partial charge is 0.497 e. The average molecular weight is 283 g/mol. The molecule has 0 fully saturated rings. The first kappa shape index (κ1) is 15.7. The number of thioether (sulfide) groups is 1. The highest BCUT2D eigenvalue weighted by Crippen LogP contribution is 2.35. The molecule has 0 aliphatic heterocycles. The van der Waals surface area contributed by atoms with Crippen molar-refractivity contribution in [3.05, 3.63) is 17.7 Å². The molecule has 0 aliphatic rings. The van der Waals surface area contributed by atoms with Crippen LogP contribution < -0.4 is 14.8 Å². The minimum Gasteiger partial charge on any atom is -0.497 e. The summed E-state index contributed by atoms with van der Waals surface area (Å²) in [7, 11) is 3.15. The van der Waals surface area contributed by atoms with Gasteiger partial charge in [-0.1, -0.05) is 0 Å². The maximum Gasteiger partial charge on any atom is 0.253 e. The number of rotatable bonds is 4. The third kappa shape index (κ3) is 4.06. The number of carbonyl (C=O) groups excluding carboxylic acids is 1. The minimum atomic E-state index is -0.289. The Morgan fingerprint density at radius 1 is 1.21 bits per heavy atom. The first-order chi connectivity index (χ1) is 8.82. The van der Waals surface area contributed by atoms with Crippen molar-refractivity contribution in [3.63, 3.8) is 0 Å². The predicted octanol–water partition coefficient (Wildman–Crippen LogP) is 2.95. The van der Waals surface area contributed by atoms with Crippen molar-refractivity contribution < 1.29 is 14.3 Å². The molecule has 0 saturated carbocycles. The fourth-order valence-corrected chi connectivity index (χ4v) is 2.35. The van der Waals surface area contributed by atoms with E-state index >= 15 is 0 Å². The van der Waals surface area contributed by atoms with Crippen molar-refractivity contribution in [1.29, 1.82) is 0 Å². The Labute approximate surface area is 118 Å². The van der Waals surface area contributed by atoms with E-state index in [0.717, 1.165) is 4.90 Å². The summed E-state index contributed by atoms with van der Waals surface area (Å²) in [6, 6.07) is 3.51. The molecule has 0 spiro atoms. The Hall–Kier alpha value is -1.36. The summed E-state index contributed by atoms with van der Waals surface area (Å²) >= 11 is 1.48. The lowest BCUT2D eigenvalue weighted by Gasteiger charge is -2.22. The molecule has 0 radical (unpaired) electrons. The zero-order chi connectivity index (χ0) is 14.6. The molecule has 19 heavy (non-hydrogen) atoms. The Morgan fingerprint density at radius 2 is 1.84 bits per heavy atom. The molecule has 5 heteroatoms. The summed E-state index contributed by atoms with van der Waals surface area (Å²) in [6.07, 6.45) is 1.91. The van der Waals surface area contributed by atoms with Crippen LogP contribution in [0.15, 0.2) is 17.0 Å². The minimum absolute atomic E-state index is 0.131. The van der Waals surface area contributed by atoms with E-state index in [1.54, 1.807) is 26.4 Å². The molecule has 106 valence electrons. The van der Waals surface area contributed by atoms with E-state index in [1.165, 1.54) is 11.8 Å².